The second kappa shape index (κ2) is 9.43. The third-order valence-corrected chi connectivity index (χ3v) is 4.81. The van der Waals surface area contributed by atoms with E-state index in [1.165, 1.54) is 21.4 Å². The molecular weight excluding hydrogens is 451 g/mol. The third-order valence-electron chi connectivity index (χ3n) is 4.56. The molecule has 8 nitrogen and oxygen atoms in total. The number of amides is 2. The monoisotopic (exact) mass is 469 g/mol. The van der Waals surface area contributed by atoms with Crippen molar-refractivity contribution in [3.05, 3.63) is 57.6 Å². The fourth-order valence-electron chi connectivity index (χ4n) is 3.09. The Hall–Kier alpha value is -3.34. The Kier molecular flexibility index (Phi) is 6.87. The van der Waals surface area contributed by atoms with Crippen LogP contribution >= 0.6 is 11.6 Å². The van der Waals surface area contributed by atoms with Gasteiger partial charge in [-0.05, 0) is 18.6 Å². The Morgan fingerprint density at radius 1 is 1.16 bits per heavy atom. The number of alkyl halides is 3. The summed E-state index contributed by atoms with van der Waals surface area (Å²) in [6.45, 7) is -0.469. The number of imidazole rings is 1. The minimum absolute atomic E-state index is 0.0338. The molecule has 0 radical (unpaired) electrons. The van der Waals surface area contributed by atoms with Gasteiger partial charge in [-0.1, -0.05) is 23.7 Å². The van der Waals surface area contributed by atoms with Crippen LogP contribution in [0.2, 0.25) is 5.02 Å². The molecule has 32 heavy (non-hydrogen) atoms. The van der Waals surface area contributed by atoms with Crippen molar-refractivity contribution in [3.8, 4) is 11.3 Å². The van der Waals surface area contributed by atoms with Crippen molar-refractivity contribution in [2.24, 2.45) is 5.73 Å². The lowest BCUT2D eigenvalue weighted by Gasteiger charge is -2.12. The second-order valence-corrected chi connectivity index (χ2v) is 7.53. The SMILES string of the molecule is NC(=O)CNC(=O)Cc1cn(CCCC(F)(F)F)c2nc(-c3ccc(Cl)cc3)cn2c1=O. The number of hydrogen-bond donors (Lipinski definition) is 2. The highest BCUT2D eigenvalue weighted by atomic mass is 35.5. The zero-order valence-electron chi connectivity index (χ0n) is 16.7. The highest BCUT2D eigenvalue weighted by Crippen LogP contribution is 2.23. The molecule has 2 amide bonds. The summed E-state index contributed by atoms with van der Waals surface area (Å²) in [4.78, 5) is 40.2. The molecule has 1 aromatic carbocycles. The normalized spacial score (nSPS) is 11.6. The highest BCUT2D eigenvalue weighted by Gasteiger charge is 2.26. The number of aryl methyl sites for hydroxylation is 1. The van der Waals surface area contributed by atoms with Gasteiger partial charge in [0.25, 0.3) is 5.56 Å². The van der Waals surface area contributed by atoms with E-state index < -0.39 is 36.5 Å². The van der Waals surface area contributed by atoms with E-state index in [0.717, 1.165) is 0 Å². The summed E-state index contributed by atoms with van der Waals surface area (Å²) in [5, 5.41) is 2.78. The largest absolute Gasteiger partial charge is 0.389 e. The van der Waals surface area contributed by atoms with Crippen LogP contribution in [0.5, 0.6) is 0 Å². The Labute approximate surface area is 184 Å². The number of nitrogens with zero attached hydrogens (tertiary/aromatic N) is 3. The third kappa shape index (κ3) is 5.88. The van der Waals surface area contributed by atoms with Crippen LogP contribution in [0.15, 0.2) is 41.5 Å². The van der Waals surface area contributed by atoms with Gasteiger partial charge in [0, 0.05) is 41.5 Å². The maximum Gasteiger partial charge on any atom is 0.389 e. The molecule has 0 fully saturated rings. The molecular formula is C20H19ClF3N5O3. The van der Waals surface area contributed by atoms with Crippen molar-refractivity contribution in [2.45, 2.75) is 32.0 Å². The number of nitrogens with one attached hydrogen (secondary N) is 1. The van der Waals surface area contributed by atoms with E-state index in [4.69, 9.17) is 17.3 Å². The van der Waals surface area contributed by atoms with Gasteiger partial charge in [-0.15, -0.1) is 0 Å². The number of carbonyl (C=O) groups excluding carboxylic acids is 2. The van der Waals surface area contributed by atoms with Crippen LogP contribution in [-0.2, 0) is 22.6 Å². The number of halogens is 4. The fourth-order valence-corrected chi connectivity index (χ4v) is 3.22. The summed E-state index contributed by atoms with van der Waals surface area (Å²) in [5.74, 6) is -1.23. The summed E-state index contributed by atoms with van der Waals surface area (Å²) < 4.78 is 40.4. The number of benzene rings is 1. The van der Waals surface area contributed by atoms with Gasteiger partial charge in [-0.2, -0.15) is 13.2 Å². The number of fused-ring (bicyclic) bond motifs is 1. The highest BCUT2D eigenvalue weighted by molar-refractivity contribution is 6.30. The molecule has 0 aliphatic rings. The standard InChI is InChI=1S/C20H19ClF3N5O3/c21-14-4-2-12(3-5-14)15-11-29-18(32)13(8-17(31)26-9-16(25)30)10-28(19(29)27-15)7-1-6-20(22,23)24/h2-5,10-11H,1,6-9H2,(H2,25,30)(H,26,31). The lowest BCUT2D eigenvalue weighted by atomic mass is 10.2. The van der Waals surface area contributed by atoms with Crippen LogP contribution in [0.3, 0.4) is 0 Å². The van der Waals surface area contributed by atoms with Gasteiger partial charge in [0.15, 0.2) is 0 Å². The van der Waals surface area contributed by atoms with Crippen molar-refractivity contribution in [1.82, 2.24) is 19.3 Å². The van der Waals surface area contributed by atoms with E-state index in [-0.39, 0.29) is 30.7 Å². The van der Waals surface area contributed by atoms with Crippen LogP contribution in [0, 0.1) is 0 Å². The second-order valence-electron chi connectivity index (χ2n) is 7.09. The molecule has 2 aromatic heterocycles. The van der Waals surface area contributed by atoms with Crippen molar-refractivity contribution in [2.75, 3.05) is 6.54 Å². The average molecular weight is 470 g/mol. The van der Waals surface area contributed by atoms with E-state index in [1.54, 1.807) is 24.3 Å². The van der Waals surface area contributed by atoms with Gasteiger partial charge < -0.3 is 15.6 Å². The number of hydrogen-bond acceptors (Lipinski definition) is 4. The molecule has 0 saturated carbocycles. The smallest absolute Gasteiger partial charge is 0.368 e. The Morgan fingerprint density at radius 3 is 2.47 bits per heavy atom. The van der Waals surface area contributed by atoms with Crippen molar-refractivity contribution < 1.29 is 22.8 Å². The molecule has 3 rings (SSSR count). The lowest BCUT2D eigenvalue weighted by molar-refractivity contribution is -0.135. The Morgan fingerprint density at radius 2 is 1.84 bits per heavy atom. The van der Waals surface area contributed by atoms with E-state index in [0.29, 0.717) is 16.3 Å². The molecule has 0 bridgehead atoms. The first kappa shape index (κ1) is 23.3. The van der Waals surface area contributed by atoms with Crippen LogP contribution in [0.1, 0.15) is 18.4 Å². The van der Waals surface area contributed by atoms with Crippen molar-refractivity contribution in [1.29, 1.82) is 0 Å². The molecule has 0 aliphatic heterocycles. The van der Waals surface area contributed by atoms with E-state index >= 15 is 0 Å². The molecule has 0 aliphatic carbocycles. The number of rotatable bonds is 8. The van der Waals surface area contributed by atoms with Gasteiger partial charge >= 0.3 is 6.18 Å². The molecule has 0 saturated heterocycles. The lowest BCUT2D eigenvalue weighted by Crippen LogP contribution is -2.35. The molecule has 0 atom stereocenters. The van der Waals surface area contributed by atoms with Crippen LogP contribution < -0.4 is 16.6 Å². The number of primary amides is 1. The molecule has 0 spiro atoms. The molecule has 3 N–H and O–H groups in total. The Bertz CT molecular complexity index is 1200. The first-order valence-corrected chi connectivity index (χ1v) is 9.90. The molecule has 3 aromatic rings. The summed E-state index contributed by atoms with van der Waals surface area (Å²) in [6, 6.07) is 6.68. The first-order valence-electron chi connectivity index (χ1n) is 9.52. The van der Waals surface area contributed by atoms with Gasteiger partial charge in [0.05, 0.1) is 18.7 Å². The van der Waals surface area contributed by atoms with Crippen LogP contribution in [0.4, 0.5) is 13.2 Å². The number of nitrogens with two attached hydrogens (primary N) is 1. The van der Waals surface area contributed by atoms with E-state index in [2.05, 4.69) is 10.3 Å². The van der Waals surface area contributed by atoms with Gasteiger partial charge in [-0.25, -0.2) is 4.98 Å². The minimum atomic E-state index is -4.32. The van der Waals surface area contributed by atoms with E-state index in [9.17, 15) is 27.6 Å². The topological polar surface area (TPSA) is 111 Å². The number of aromatic nitrogens is 3. The zero-order valence-corrected chi connectivity index (χ0v) is 17.4. The molecule has 0 unspecified atom stereocenters. The maximum atomic E-state index is 12.9. The summed E-state index contributed by atoms with van der Waals surface area (Å²) >= 11 is 5.90. The van der Waals surface area contributed by atoms with Gasteiger partial charge in [0.2, 0.25) is 17.6 Å². The number of carbonyl (C=O) groups is 2. The van der Waals surface area contributed by atoms with Crippen molar-refractivity contribution in [3.63, 3.8) is 0 Å². The average Bonchev–Trinajstić information content (AvgIpc) is 3.15. The summed E-state index contributed by atoms with van der Waals surface area (Å²) in [5.41, 5.74) is 5.54. The quantitative estimate of drug-likeness (QED) is 0.527. The van der Waals surface area contributed by atoms with Crippen LogP contribution in [0.25, 0.3) is 17.0 Å². The summed E-state index contributed by atoms with van der Waals surface area (Å²) in [7, 11) is 0. The predicted octanol–water partition coefficient (Wildman–Crippen LogP) is 2.30. The van der Waals surface area contributed by atoms with Gasteiger partial charge in [-0.3, -0.25) is 18.8 Å². The zero-order chi connectivity index (χ0) is 23.5. The van der Waals surface area contributed by atoms with E-state index in [1.807, 2.05) is 0 Å². The molecule has 2 heterocycles. The summed E-state index contributed by atoms with van der Waals surface area (Å²) in [6.07, 6.45) is -3.18. The molecule has 170 valence electrons. The van der Waals surface area contributed by atoms with Crippen molar-refractivity contribution >= 4 is 29.2 Å². The molecule has 12 heteroatoms. The fraction of sp³-hybridized carbons (Fsp3) is 0.300. The van der Waals surface area contributed by atoms with Crippen LogP contribution in [-0.4, -0.2) is 38.5 Å². The Balaban J connectivity index is 2.00. The minimum Gasteiger partial charge on any atom is -0.368 e. The van der Waals surface area contributed by atoms with Gasteiger partial charge in [0.1, 0.15) is 0 Å². The predicted molar refractivity (Wildman–Crippen MR) is 111 cm³/mol. The maximum absolute atomic E-state index is 12.9. The first-order chi connectivity index (χ1) is 15.0.